The molecule has 0 aromatic heterocycles. The van der Waals surface area contributed by atoms with Gasteiger partial charge < -0.3 is 5.32 Å². The Morgan fingerprint density at radius 2 is 1.68 bits per heavy atom. The standard InChI is InChI=1S/C19H27F3N4O2/c1-2-8-23-18(28)24-17(27)14-26-10-3-9-25(11-12-26)13-15-4-6-16(7-5-15)19(20,21)22/h4-7H,2-3,8-14H2,1H3,(H2,23,24,27,28). The van der Waals surface area contributed by atoms with Crippen LogP contribution in [-0.2, 0) is 17.5 Å². The van der Waals surface area contributed by atoms with Gasteiger partial charge in [-0.3, -0.25) is 19.9 Å². The molecule has 3 amide bonds. The molecule has 0 aliphatic carbocycles. The summed E-state index contributed by atoms with van der Waals surface area (Å²) in [7, 11) is 0. The second kappa shape index (κ2) is 10.4. The highest BCUT2D eigenvalue weighted by atomic mass is 19.4. The Balaban J connectivity index is 1.78. The molecule has 1 saturated heterocycles. The van der Waals surface area contributed by atoms with Crippen LogP contribution in [0.1, 0.15) is 30.9 Å². The molecule has 28 heavy (non-hydrogen) atoms. The average Bonchev–Trinajstić information content (AvgIpc) is 2.84. The zero-order valence-electron chi connectivity index (χ0n) is 16.0. The first-order valence-corrected chi connectivity index (χ1v) is 9.46. The van der Waals surface area contributed by atoms with Crippen molar-refractivity contribution in [3.63, 3.8) is 0 Å². The van der Waals surface area contributed by atoms with E-state index in [1.54, 1.807) is 0 Å². The normalized spacial score (nSPS) is 16.4. The van der Waals surface area contributed by atoms with Crippen molar-refractivity contribution in [1.29, 1.82) is 0 Å². The fraction of sp³-hybridized carbons (Fsp3) is 0.579. The van der Waals surface area contributed by atoms with E-state index in [1.165, 1.54) is 12.1 Å². The first-order chi connectivity index (χ1) is 13.3. The predicted molar refractivity (Wildman–Crippen MR) is 99.6 cm³/mol. The van der Waals surface area contributed by atoms with E-state index in [9.17, 15) is 22.8 Å². The van der Waals surface area contributed by atoms with Crippen molar-refractivity contribution >= 4 is 11.9 Å². The summed E-state index contributed by atoms with van der Waals surface area (Å²) in [4.78, 5) is 27.6. The van der Waals surface area contributed by atoms with Gasteiger partial charge in [-0.05, 0) is 43.6 Å². The highest BCUT2D eigenvalue weighted by molar-refractivity contribution is 5.95. The fourth-order valence-corrected chi connectivity index (χ4v) is 3.05. The fourth-order valence-electron chi connectivity index (χ4n) is 3.05. The van der Waals surface area contributed by atoms with Crippen LogP contribution in [0.15, 0.2) is 24.3 Å². The van der Waals surface area contributed by atoms with Gasteiger partial charge in [-0.1, -0.05) is 19.1 Å². The summed E-state index contributed by atoms with van der Waals surface area (Å²) in [5.41, 5.74) is 0.180. The molecule has 0 atom stereocenters. The first-order valence-electron chi connectivity index (χ1n) is 9.46. The molecule has 0 saturated carbocycles. The van der Waals surface area contributed by atoms with Crippen LogP contribution < -0.4 is 10.6 Å². The van der Waals surface area contributed by atoms with E-state index in [0.717, 1.165) is 43.6 Å². The zero-order chi connectivity index (χ0) is 20.6. The lowest BCUT2D eigenvalue weighted by Crippen LogP contribution is -2.45. The molecule has 2 N–H and O–H groups in total. The predicted octanol–water partition coefficient (Wildman–Crippen LogP) is 2.45. The monoisotopic (exact) mass is 400 g/mol. The zero-order valence-corrected chi connectivity index (χ0v) is 16.0. The van der Waals surface area contributed by atoms with E-state index in [4.69, 9.17) is 0 Å². The van der Waals surface area contributed by atoms with Crippen molar-refractivity contribution in [2.75, 3.05) is 39.3 Å². The van der Waals surface area contributed by atoms with Crippen molar-refractivity contribution in [1.82, 2.24) is 20.4 Å². The largest absolute Gasteiger partial charge is 0.416 e. The number of amides is 3. The van der Waals surface area contributed by atoms with Crippen molar-refractivity contribution in [2.24, 2.45) is 0 Å². The number of alkyl halides is 3. The minimum atomic E-state index is -4.32. The second-order valence-corrected chi connectivity index (χ2v) is 6.90. The molecular weight excluding hydrogens is 373 g/mol. The Morgan fingerprint density at radius 1 is 1.04 bits per heavy atom. The Labute approximate surface area is 163 Å². The summed E-state index contributed by atoms with van der Waals surface area (Å²) in [5.74, 6) is -0.343. The number of hydrogen-bond donors (Lipinski definition) is 2. The lowest BCUT2D eigenvalue weighted by Gasteiger charge is -2.21. The van der Waals surface area contributed by atoms with Crippen LogP contribution >= 0.6 is 0 Å². The van der Waals surface area contributed by atoms with Crippen LogP contribution in [0.4, 0.5) is 18.0 Å². The number of urea groups is 1. The van der Waals surface area contributed by atoms with Crippen LogP contribution in [0, 0.1) is 0 Å². The first kappa shape index (κ1) is 22.2. The number of nitrogens with zero attached hydrogens (tertiary/aromatic N) is 2. The lowest BCUT2D eigenvalue weighted by molar-refractivity contribution is -0.137. The second-order valence-electron chi connectivity index (χ2n) is 6.90. The molecule has 0 unspecified atom stereocenters. The van der Waals surface area contributed by atoms with E-state index in [2.05, 4.69) is 15.5 Å². The van der Waals surface area contributed by atoms with Gasteiger partial charge in [0, 0.05) is 26.2 Å². The highest BCUT2D eigenvalue weighted by Gasteiger charge is 2.30. The molecule has 1 aromatic carbocycles. The van der Waals surface area contributed by atoms with Gasteiger partial charge in [-0.15, -0.1) is 0 Å². The lowest BCUT2D eigenvalue weighted by atomic mass is 10.1. The minimum Gasteiger partial charge on any atom is -0.338 e. The molecule has 156 valence electrons. The maximum atomic E-state index is 12.6. The summed E-state index contributed by atoms with van der Waals surface area (Å²) < 4.78 is 37.9. The topological polar surface area (TPSA) is 64.7 Å². The third-order valence-corrected chi connectivity index (χ3v) is 4.52. The number of benzene rings is 1. The summed E-state index contributed by atoms with van der Waals surface area (Å²) >= 11 is 0. The average molecular weight is 400 g/mol. The van der Waals surface area contributed by atoms with E-state index in [0.29, 0.717) is 26.2 Å². The SMILES string of the molecule is CCCNC(=O)NC(=O)CN1CCCN(Cc2ccc(C(F)(F)F)cc2)CC1. The third-order valence-electron chi connectivity index (χ3n) is 4.52. The summed E-state index contributed by atoms with van der Waals surface area (Å²) in [6.07, 6.45) is -2.69. The van der Waals surface area contributed by atoms with Crippen molar-refractivity contribution in [3.8, 4) is 0 Å². The summed E-state index contributed by atoms with van der Waals surface area (Å²) in [6.45, 7) is 6.05. The molecule has 1 aliphatic heterocycles. The Kier molecular flexibility index (Phi) is 8.25. The van der Waals surface area contributed by atoms with E-state index >= 15 is 0 Å². The number of halogens is 3. The quantitative estimate of drug-likeness (QED) is 0.770. The molecule has 2 rings (SSSR count). The Morgan fingerprint density at radius 3 is 2.32 bits per heavy atom. The van der Waals surface area contributed by atoms with Gasteiger partial charge in [0.25, 0.3) is 0 Å². The van der Waals surface area contributed by atoms with E-state index in [-0.39, 0.29) is 12.5 Å². The smallest absolute Gasteiger partial charge is 0.338 e. The van der Waals surface area contributed by atoms with Gasteiger partial charge in [0.2, 0.25) is 5.91 Å². The third kappa shape index (κ3) is 7.47. The molecule has 1 aromatic rings. The Hall–Kier alpha value is -2.13. The molecule has 6 nitrogen and oxygen atoms in total. The molecule has 0 radical (unpaired) electrons. The maximum absolute atomic E-state index is 12.6. The van der Waals surface area contributed by atoms with Gasteiger partial charge in [0.15, 0.2) is 0 Å². The molecular formula is C19H27F3N4O2. The van der Waals surface area contributed by atoms with Crippen LogP contribution in [0.2, 0.25) is 0 Å². The van der Waals surface area contributed by atoms with E-state index in [1.807, 2.05) is 11.8 Å². The molecule has 1 heterocycles. The van der Waals surface area contributed by atoms with Crippen LogP contribution in [0.25, 0.3) is 0 Å². The van der Waals surface area contributed by atoms with Gasteiger partial charge in [0.1, 0.15) is 0 Å². The number of hydrogen-bond acceptors (Lipinski definition) is 4. The van der Waals surface area contributed by atoms with Gasteiger partial charge >= 0.3 is 12.2 Å². The van der Waals surface area contributed by atoms with Crippen molar-refractivity contribution in [3.05, 3.63) is 35.4 Å². The molecule has 0 bridgehead atoms. The Bertz CT molecular complexity index is 650. The number of imide groups is 1. The molecule has 1 aliphatic rings. The number of carbonyl (C=O) groups excluding carboxylic acids is 2. The van der Waals surface area contributed by atoms with Crippen LogP contribution in [0.3, 0.4) is 0 Å². The summed E-state index contributed by atoms with van der Waals surface area (Å²) in [6, 6.07) is 4.74. The van der Waals surface area contributed by atoms with Crippen molar-refractivity contribution in [2.45, 2.75) is 32.5 Å². The van der Waals surface area contributed by atoms with Crippen LogP contribution in [-0.4, -0.2) is 61.0 Å². The number of nitrogens with one attached hydrogen (secondary N) is 2. The molecule has 9 heteroatoms. The molecule has 1 fully saturated rings. The van der Waals surface area contributed by atoms with Gasteiger partial charge in [0.05, 0.1) is 12.1 Å². The number of rotatable bonds is 6. The van der Waals surface area contributed by atoms with Gasteiger partial charge in [-0.25, -0.2) is 4.79 Å². The highest BCUT2D eigenvalue weighted by Crippen LogP contribution is 2.29. The van der Waals surface area contributed by atoms with Crippen LogP contribution in [0.5, 0.6) is 0 Å². The molecule has 0 spiro atoms. The van der Waals surface area contributed by atoms with Crippen molar-refractivity contribution < 1.29 is 22.8 Å². The van der Waals surface area contributed by atoms with Gasteiger partial charge in [-0.2, -0.15) is 13.2 Å². The van der Waals surface area contributed by atoms with E-state index < -0.39 is 17.8 Å². The maximum Gasteiger partial charge on any atom is 0.416 e. The minimum absolute atomic E-state index is 0.146. The number of carbonyl (C=O) groups is 2. The summed E-state index contributed by atoms with van der Waals surface area (Å²) in [5, 5.41) is 4.91.